The van der Waals surface area contributed by atoms with E-state index in [1.54, 1.807) is 12.1 Å². The van der Waals surface area contributed by atoms with Gasteiger partial charge in [-0.3, -0.25) is 4.79 Å². The van der Waals surface area contributed by atoms with Gasteiger partial charge in [-0.2, -0.15) is 0 Å². The summed E-state index contributed by atoms with van der Waals surface area (Å²) in [5.74, 6) is -1.10. The lowest BCUT2D eigenvalue weighted by atomic mass is 10.0. The molecule has 0 bridgehead atoms. The molecular formula is C34H35N3O4. The largest absolute Gasteiger partial charge is 0.488 e. The van der Waals surface area contributed by atoms with E-state index in [0.29, 0.717) is 24.0 Å². The van der Waals surface area contributed by atoms with Crippen molar-refractivity contribution in [1.82, 2.24) is 4.90 Å². The number of carbonyl (C=O) groups excluding carboxylic acids is 1. The number of rotatable bonds is 9. The van der Waals surface area contributed by atoms with Crippen LogP contribution in [-0.2, 0) is 6.61 Å². The number of hydrogen-bond donors (Lipinski definition) is 2. The van der Waals surface area contributed by atoms with Gasteiger partial charge < -0.3 is 25.0 Å². The molecule has 0 spiro atoms. The van der Waals surface area contributed by atoms with Crippen LogP contribution in [0.4, 0.5) is 11.4 Å². The predicted octanol–water partition coefficient (Wildman–Crippen LogP) is 6.41. The van der Waals surface area contributed by atoms with Crippen LogP contribution in [0.5, 0.6) is 5.75 Å². The lowest BCUT2D eigenvalue weighted by Gasteiger charge is -2.36. The van der Waals surface area contributed by atoms with Crippen molar-refractivity contribution in [2.45, 2.75) is 25.5 Å². The van der Waals surface area contributed by atoms with Crippen LogP contribution in [-0.4, -0.2) is 55.1 Å². The molecule has 0 radical (unpaired) electrons. The topological polar surface area (TPSA) is 82.1 Å². The highest BCUT2D eigenvalue weighted by atomic mass is 16.5. The molecule has 7 heteroatoms. The number of hydrogen-bond acceptors (Lipinski definition) is 5. The minimum atomic E-state index is -1.11. The van der Waals surface area contributed by atoms with Crippen LogP contribution >= 0.6 is 0 Å². The zero-order chi connectivity index (χ0) is 28.8. The number of amides is 1. The van der Waals surface area contributed by atoms with Crippen molar-refractivity contribution >= 4 is 23.3 Å². The second-order valence-corrected chi connectivity index (χ2v) is 10.5. The first-order valence-corrected chi connectivity index (χ1v) is 13.9. The Morgan fingerprint density at radius 1 is 0.854 bits per heavy atom. The second-order valence-electron chi connectivity index (χ2n) is 10.5. The Morgan fingerprint density at radius 2 is 1.54 bits per heavy atom. The van der Waals surface area contributed by atoms with Crippen LogP contribution in [0, 0.1) is 0 Å². The summed E-state index contributed by atoms with van der Waals surface area (Å²) in [6.07, 6.45) is 2.07. The summed E-state index contributed by atoms with van der Waals surface area (Å²) in [7, 11) is 4.22. The molecule has 7 nitrogen and oxygen atoms in total. The van der Waals surface area contributed by atoms with E-state index in [4.69, 9.17) is 4.74 Å². The van der Waals surface area contributed by atoms with Crippen LogP contribution in [0.2, 0.25) is 0 Å². The molecule has 1 aliphatic rings. The van der Waals surface area contributed by atoms with Gasteiger partial charge in [-0.25, -0.2) is 4.79 Å². The van der Waals surface area contributed by atoms with Crippen molar-refractivity contribution in [1.29, 1.82) is 0 Å². The quantitative estimate of drug-likeness (QED) is 0.251. The normalized spacial score (nSPS) is 13.7. The average molecular weight is 550 g/mol. The van der Waals surface area contributed by atoms with Crippen LogP contribution < -0.4 is 15.0 Å². The zero-order valence-corrected chi connectivity index (χ0v) is 23.4. The van der Waals surface area contributed by atoms with E-state index in [1.165, 1.54) is 6.07 Å². The van der Waals surface area contributed by atoms with E-state index in [0.717, 1.165) is 48.3 Å². The number of carboxylic acid groups (broad SMARTS) is 1. The van der Waals surface area contributed by atoms with E-state index in [2.05, 4.69) is 29.2 Å². The summed E-state index contributed by atoms with van der Waals surface area (Å²) in [4.78, 5) is 30.5. The number of piperidine rings is 1. The summed E-state index contributed by atoms with van der Waals surface area (Å²) in [5.41, 5.74) is 4.27. The van der Waals surface area contributed by atoms with Gasteiger partial charge >= 0.3 is 5.97 Å². The fraction of sp³-hybridized carbons (Fsp3) is 0.235. The van der Waals surface area contributed by atoms with Crippen molar-refractivity contribution in [3.05, 3.63) is 114 Å². The zero-order valence-electron chi connectivity index (χ0n) is 23.4. The van der Waals surface area contributed by atoms with Gasteiger partial charge in [0.15, 0.2) is 0 Å². The van der Waals surface area contributed by atoms with Crippen molar-refractivity contribution < 1.29 is 19.4 Å². The average Bonchev–Trinajstić information content (AvgIpc) is 3.00. The maximum absolute atomic E-state index is 13.8. The first-order valence-electron chi connectivity index (χ1n) is 13.9. The molecule has 4 aromatic rings. The molecule has 0 aromatic heterocycles. The molecule has 0 saturated carbocycles. The molecule has 5 rings (SSSR count). The second kappa shape index (κ2) is 12.7. The fourth-order valence-electron chi connectivity index (χ4n) is 5.23. The molecular weight excluding hydrogens is 514 g/mol. The van der Waals surface area contributed by atoms with Gasteiger partial charge in [0.25, 0.3) is 5.91 Å². The van der Waals surface area contributed by atoms with E-state index in [1.807, 2.05) is 78.9 Å². The minimum absolute atomic E-state index is 0.0201. The molecule has 1 saturated heterocycles. The third kappa shape index (κ3) is 6.76. The minimum Gasteiger partial charge on any atom is -0.488 e. The number of carbonyl (C=O) groups is 2. The number of aromatic carboxylic acids is 1. The van der Waals surface area contributed by atoms with Crippen molar-refractivity contribution in [2.24, 2.45) is 0 Å². The number of ether oxygens (including phenoxy) is 1. The van der Waals surface area contributed by atoms with Crippen LogP contribution in [0.3, 0.4) is 0 Å². The molecule has 0 aliphatic carbocycles. The Labute approximate surface area is 241 Å². The number of carboxylic acids is 1. The molecule has 1 aliphatic heterocycles. The number of nitrogens with zero attached hydrogens (tertiary/aromatic N) is 2. The van der Waals surface area contributed by atoms with Crippen LogP contribution in [0.25, 0.3) is 11.1 Å². The highest BCUT2D eigenvalue weighted by molar-refractivity contribution is 6.10. The maximum atomic E-state index is 13.8. The summed E-state index contributed by atoms with van der Waals surface area (Å²) >= 11 is 0. The molecule has 210 valence electrons. The first kappa shape index (κ1) is 27.9. The van der Waals surface area contributed by atoms with Gasteiger partial charge in [-0.05, 0) is 74.0 Å². The Balaban J connectivity index is 1.46. The molecule has 2 N–H and O–H groups in total. The van der Waals surface area contributed by atoms with Gasteiger partial charge in [0.1, 0.15) is 12.4 Å². The lowest BCUT2D eigenvalue weighted by Crippen LogP contribution is -2.42. The van der Waals surface area contributed by atoms with E-state index >= 15 is 0 Å². The molecule has 1 amide bonds. The van der Waals surface area contributed by atoms with E-state index in [-0.39, 0.29) is 11.3 Å². The Morgan fingerprint density at radius 3 is 2.20 bits per heavy atom. The SMILES string of the molecule is CN(C)C1CCN(c2ccc(OCc3ccccc3)c(C(=O)Nc3cc(-c4ccccc4)ccc3C(=O)O)c2)CC1. The third-order valence-electron chi connectivity index (χ3n) is 7.61. The van der Waals surface area contributed by atoms with Crippen molar-refractivity contribution in [2.75, 3.05) is 37.4 Å². The van der Waals surface area contributed by atoms with E-state index < -0.39 is 11.9 Å². The Kier molecular flexibility index (Phi) is 8.65. The standard InChI is InChI=1S/C34H35N3O4/c1-36(2)27-17-19-37(20-18-27)28-14-16-32(41-23-24-9-5-3-6-10-24)30(22-28)33(38)35-31-21-26(13-15-29(31)34(39)40)25-11-7-4-8-12-25/h3-16,21-22,27H,17-20,23H2,1-2H3,(H,35,38)(H,39,40). The van der Waals surface area contributed by atoms with Gasteiger partial charge in [-0.1, -0.05) is 66.7 Å². The molecule has 0 unspecified atom stereocenters. The smallest absolute Gasteiger partial charge is 0.337 e. The molecule has 1 heterocycles. The predicted molar refractivity (Wildman–Crippen MR) is 163 cm³/mol. The summed E-state index contributed by atoms with van der Waals surface area (Å²) in [5, 5.41) is 12.7. The molecule has 1 fully saturated rings. The van der Waals surface area contributed by atoms with Crippen LogP contribution in [0.15, 0.2) is 97.1 Å². The lowest BCUT2D eigenvalue weighted by molar-refractivity contribution is 0.0698. The number of nitrogens with one attached hydrogen (secondary N) is 1. The highest BCUT2D eigenvalue weighted by Gasteiger charge is 2.23. The Bertz CT molecular complexity index is 1500. The molecule has 0 atom stereocenters. The maximum Gasteiger partial charge on any atom is 0.337 e. The number of benzene rings is 4. The monoisotopic (exact) mass is 549 g/mol. The molecule has 4 aromatic carbocycles. The number of anilines is 2. The van der Waals surface area contributed by atoms with Gasteiger partial charge in [0, 0.05) is 24.8 Å². The Hall–Kier alpha value is -4.62. The fourth-order valence-corrected chi connectivity index (χ4v) is 5.23. The van der Waals surface area contributed by atoms with Crippen LogP contribution in [0.1, 0.15) is 39.1 Å². The van der Waals surface area contributed by atoms with Gasteiger partial charge in [0.05, 0.1) is 16.8 Å². The van der Waals surface area contributed by atoms with Crippen molar-refractivity contribution in [3.63, 3.8) is 0 Å². The van der Waals surface area contributed by atoms with E-state index in [9.17, 15) is 14.7 Å². The van der Waals surface area contributed by atoms with Gasteiger partial charge in [0.2, 0.25) is 0 Å². The highest BCUT2D eigenvalue weighted by Crippen LogP contribution is 2.31. The summed E-state index contributed by atoms with van der Waals surface area (Å²) in [6.45, 7) is 2.07. The first-order chi connectivity index (χ1) is 19.9. The van der Waals surface area contributed by atoms with Crippen molar-refractivity contribution in [3.8, 4) is 16.9 Å². The summed E-state index contributed by atoms with van der Waals surface area (Å²) < 4.78 is 6.14. The summed E-state index contributed by atoms with van der Waals surface area (Å²) in [6, 6.07) is 30.6. The molecule has 41 heavy (non-hydrogen) atoms. The third-order valence-corrected chi connectivity index (χ3v) is 7.61. The van der Waals surface area contributed by atoms with Gasteiger partial charge in [-0.15, -0.1) is 0 Å².